The van der Waals surface area contributed by atoms with Crippen LogP contribution in [-0.2, 0) is 6.54 Å². The van der Waals surface area contributed by atoms with E-state index in [0.717, 1.165) is 5.56 Å². The van der Waals surface area contributed by atoms with E-state index in [2.05, 4.69) is 15.6 Å². The molecule has 6 heteroatoms. The Hall–Kier alpha value is -2.89. The lowest BCUT2D eigenvalue weighted by Gasteiger charge is -2.08. The van der Waals surface area contributed by atoms with Crippen LogP contribution in [0.3, 0.4) is 0 Å². The molecule has 0 spiro atoms. The predicted octanol–water partition coefficient (Wildman–Crippen LogP) is 2.10. The number of carboxylic acids is 1. The molecule has 20 heavy (non-hydrogen) atoms. The monoisotopic (exact) mass is 271 g/mol. The summed E-state index contributed by atoms with van der Waals surface area (Å²) in [4.78, 5) is 26.4. The van der Waals surface area contributed by atoms with Gasteiger partial charge in [-0.15, -0.1) is 0 Å². The summed E-state index contributed by atoms with van der Waals surface area (Å²) >= 11 is 0. The zero-order chi connectivity index (χ0) is 14.4. The SMILES string of the molecule is O=C(NCc1cccnc1)Nc1cccc(C(=O)O)c1. The maximum absolute atomic E-state index is 11.7. The molecule has 1 heterocycles. The Bertz CT molecular complexity index is 614. The van der Waals surface area contributed by atoms with Crippen molar-refractivity contribution in [2.45, 2.75) is 6.54 Å². The number of carbonyl (C=O) groups excluding carboxylic acids is 1. The zero-order valence-electron chi connectivity index (χ0n) is 10.5. The molecule has 0 radical (unpaired) electrons. The predicted molar refractivity (Wildman–Crippen MR) is 73.5 cm³/mol. The smallest absolute Gasteiger partial charge is 0.335 e. The molecule has 0 atom stereocenters. The second kappa shape index (κ2) is 6.33. The van der Waals surface area contributed by atoms with Crippen LogP contribution < -0.4 is 10.6 Å². The normalized spacial score (nSPS) is 9.80. The topological polar surface area (TPSA) is 91.3 Å². The third-order valence-corrected chi connectivity index (χ3v) is 2.54. The summed E-state index contributed by atoms with van der Waals surface area (Å²) < 4.78 is 0. The van der Waals surface area contributed by atoms with Gasteiger partial charge in [0.2, 0.25) is 0 Å². The third-order valence-electron chi connectivity index (χ3n) is 2.54. The first-order chi connectivity index (χ1) is 9.65. The van der Waals surface area contributed by atoms with E-state index in [1.54, 1.807) is 30.6 Å². The first-order valence-corrected chi connectivity index (χ1v) is 5.92. The number of urea groups is 1. The summed E-state index contributed by atoms with van der Waals surface area (Å²) in [7, 11) is 0. The largest absolute Gasteiger partial charge is 0.478 e. The van der Waals surface area contributed by atoms with Crippen LogP contribution in [-0.4, -0.2) is 22.1 Å². The number of anilines is 1. The van der Waals surface area contributed by atoms with Gasteiger partial charge in [-0.25, -0.2) is 9.59 Å². The van der Waals surface area contributed by atoms with Crippen molar-refractivity contribution in [3.05, 3.63) is 59.9 Å². The zero-order valence-corrected chi connectivity index (χ0v) is 10.5. The Morgan fingerprint density at radius 1 is 1.20 bits per heavy atom. The molecule has 0 aliphatic heterocycles. The summed E-state index contributed by atoms with van der Waals surface area (Å²) in [6.45, 7) is 0.346. The average Bonchev–Trinajstić information content (AvgIpc) is 2.46. The van der Waals surface area contributed by atoms with Crippen LogP contribution in [0.4, 0.5) is 10.5 Å². The minimum absolute atomic E-state index is 0.120. The molecule has 1 aromatic heterocycles. The summed E-state index contributed by atoms with van der Waals surface area (Å²) in [5.74, 6) is -1.04. The number of hydrogen-bond donors (Lipinski definition) is 3. The van der Waals surface area contributed by atoms with E-state index in [9.17, 15) is 9.59 Å². The standard InChI is InChI=1S/C14H13N3O3/c18-13(19)11-4-1-5-12(7-11)17-14(20)16-9-10-3-2-6-15-8-10/h1-8H,9H2,(H,18,19)(H2,16,17,20). The van der Waals surface area contributed by atoms with Gasteiger partial charge in [0.05, 0.1) is 5.56 Å². The summed E-state index contributed by atoms with van der Waals surface area (Å²) in [6.07, 6.45) is 3.31. The number of rotatable bonds is 4. The van der Waals surface area contributed by atoms with Gasteiger partial charge in [-0.3, -0.25) is 4.98 Å². The number of aromatic carboxylic acids is 1. The number of nitrogens with one attached hydrogen (secondary N) is 2. The molecule has 2 aromatic rings. The fourth-order valence-electron chi connectivity index (χ4n) is 1.59. The molecule has 102 valence electrons. The number of benzene rings is 1. The lowest BCUT2D eigenvalue weighted by molar-refractivity contribution is 0.0697. The maximum Gasteiger partial charge on any atom is 0.335 e. The fraction of sp³-hybridized carbons (Fsp3) is 0.0714. The Labute approximate surface area is 115 Å². The van der Waals surface area contributed by atoms with E-state index in [0.29, 0.717) is 12.2 Å². The van der Waals surface area contributed by atoms with Crippen molar-refractivity contribution in [3.8, 4) is 0 Å². The number of carbonyl (C=O) groups is 2. The van der Waals surface area contributed by atoms with Gasteiger partial charge in [-0.2, -0.15) is 0 Å². The minimum Gasteiger partial charge on any atom is -0.478 e. The van der Waals surface area contributed by atoms with Crippen molar-refractivity contribution in [3.63, 3.8) is 0 Å². The molecule has 0 aliphatic rings. The van der Waals surface area contributed by atoms with Gasteiger partial charge in [0, 0.05) is 24.6 Å². The van der Waals surface area contributed by atoms with Gasteiger partial charge in [0.15, 0.2) is 0 Å². The van der Waals surface area contributed by atoms with Gasteiger partial charge < -0.3 is 15.7 Å². The quantitative estimate of drug-likeness (QED) is 0.794. The second-order valence-electron chi connectivity index (χ2n) is 4.05. The van der Waals surface area contributed by atoms with Gasteiger partial charge in [-0.1, -0.05) is 12.1 Å². The van der Waals surface area contributed by atoms with Gasteiger partial charge in [0.25, 0.3) is 0 Å². The molecule has 0 bridgehead atoms. The van der Waals surface area contributed by atoms with Crippen molar-refractivity contribution in [2.24, 2.45) is 0 Å². The van der Waals surface area contributed by atoms with Crippen LogP contribution in [0.5, 0.6) is 0 Å². The summed E-state index contributed by atoms with van der Waals surface area (Å²) in [5, 5.41) is 14.1. The molecule has 0 unspecified atom stereocenters. The van der Waals surface area contributed by atoms with Crippen LogP contribution in [0, 0.1) is 0 Å². The molecule has 6 nitrogen and oxygen atoms in total. The number of pyridine rings is 1. The van der Waals surface area contributed by atoms with E-state index in [1.807, 2.05) is 6.07 Å². The van der Waals surface area contributed by atoms with Gasteiger partial charge in [0.1, 0.15) is 0 Å². The first-order valence-electron chi connectivity index (χ1n) is 5.92. The van der Waals surface area contributed by atoms with Crippen LogP contribution in [0.15, 0.2) is 48.8 Å². The van der Waals surface area contributed by atoms with Crippen molar-refractivity contribution in [2.75, 3.05) is 5.32 Å². The number of aromatic nitrogens is 1. The maximum atomic E-state index is 11.7. The lowest BCUT2D eigenvalue weighted by Crippen LogP contribution is -2.28. The number of nitrogens with zero attached hydrogens (tertiary/aromatic N) is 1. The summed E-state index contributed by atoms with van der Waals surface area (Å²) in [5.41, 5.74) is 1.42. The highest BCUT2D eigenvalue weighted by Crippen LogP contribution is 2.10. The van der Waals surface area contributed by atoms with Crippen LogP contribution >= 0.6 is 0 Å². The van der Waals surface area contributed by atoms with Crippen molar-refractivity contribution in [1.82, 2.24) is 10.3 Å². The Kier molecular flexibility index (Phi) is 4.28. The average molecular weight is 271 g/mol. The molecular weight excluding hydrogens is 258 g/mol. The fourth-order valence-corrected chi connectivity index (χ4v) is 1.59. The molecule has 0 saturated heterocycles. The van der Waals surface area contributed by atoms with Crippen LogP contribution in [0.25, 0.3) is 0 Å². The lowest BCUT2D eigenvalue weighted by atomic mass is 10.2. The first kappa shape index (κ1) is 13.5. The highest BCUT2D eigenvalue weighted by atomic mass is 16.4. The Morgan fingerprint density at radius 3 is 2.75 bits per heavy atom. The minimum atomic E-state index is -1.04. The molecule has 0 fully saturated rings. The number of carboxylic acid groups (broad SMARTS) is 1. The highest BCUT2D eigenvalue weighted by molar-refractivity contribution is 5.93. The van der Waals surface area contributed by atoms with Crippen LogP contribution in [0.1, 0.15) is 15.9 Å². The molecule has 2 rings (SSSR count). The summed E-state index contributed by atoms with van der Waals surface area (Å²) in [6, 6.07) is 9.27. The van der Waals surface area contributed by atoms with Gasteiger partial charge >= 0.3 is 12.0 Å². The molecule has 3 N–H and O–H groups in total. The van der Waals surface area contributed by atoms with Gasteiger partial charge in [-0.05, 0) is 29.8 Å². The Balaban J connectivity index is 1.91. The van der Waals surface area contributed by atoms with Crippen molar-refractivity contribution in [1.29, 1.82) is 0 Å². The highest BCUT2D eigenvalue weighted by Gasteiger charge is 2.05. The molecule has 0 aliphatic carbocycles. The van der Waals surface area contributed by atoms with E-state index in [-0.39, 0.29) is 5.56 Å². The van der Waals surface area contributed by atoms with Crippen molar-refractivity contribution < 1.29 is 14.7 Å². The van der Waals surface area contributed by atoms with E-state index in [1.165, 1.54) is 12.1 Å². The second-order valence-corrected chi connectivity index (χ2v) is 4.05. The van der Waals surface area contributed by atoms with E-state index >= 15 is 0 Å². The van der Waals surface area contributed by atoms with Crippen LogP contribution in [0.2, 0.25) is 0 Å². The number of amides is 2. The molecule has 1 aromatic carbocycles. The van der Waals surface area contributed by atoms with E-state index < -0.39 is 12.0 Å². The van der Waals surface area contributed by atoms with Crippen molar-refractivity contribution >= 4 is 17.7 Å². The molecule has 0 saturated carbocycles. The third kappa shape index (κ3) is 3.81. The molecular formula is C14H13N3O3. The van der Waals surface area contributed by atoms with E-state index in [4.69, 9.17) is 5.11 Å². The number of hydrogen-bond acceptors (Lipinski definition) is 3. The molecule has 2 amide bonds. The Morgan fingerprint density at radius 2 is 2.05 bits per heavy atom.